The SMILES string of the molecule is NCc1ccccc1CC(=O)Nc1ccc([N+](=O)[O-])cc1. The van der Waals surface area contributed by atoms with E-state index in [0.29, 0.717) is 12.2 Å². The van der Waals surface area contributed by atoms with Gasteiger partial charge in [-0.15, -0.1) is 0 Å². The molecule has 6 heteroatoms. The first-order chi connectivity index (χ1) is 10.1. The summed E-state index contributed by atoms with van der Waals surface area (Å²) < 4.78 is 0. The molecule has 108 valence electrons. The smallest absolute Gasteiger partial charge is 0.269 e. The molecule has 0 heterocycles. The first-order valence-electron chi connectivity index (χ1n) is 6.41. The van der Waals surface area contributed by atoms with Crippen molar-refractivity contribution in [1.82, 2.24) is 0 Å². The number of nitro benzene ring substituents is 1. The van der Waals surface area contributed by atoms with Gasteiger partial charge in [-0.1, -0.05) is 24.3 Å². The van der Waals surface area contributed by atoms with Crippen LogP contribution in [-0.4, -0.2) is 10.8 Å². The molecule has 0 aliphatic heterocycles. The summed E-state index contributed by atoms with van der Waals surface area (Å²) >= 11 is 0. The van der Waals surface area contributed by atoms with E-state index in [9.17, 15) is 14.9 Å². The molecule has 0 bridgehead atoms. The molecule has 0 saturated heterocycles. The van der Waals surface area contributed by atoms with Gasteiger partial charge in [0.15, 0.2) is 0 Å². The molecular formula is C15H15N3O3. The number of nitrogens with one attached hydrogen (secondary N) is 1. The van der Waals surface area contributed by atoms with Crippen molar-refractivity contribution >= 4 is 17.3 Å². The summed E-state index contributed by atoms with van der Waals surface area (Å²) in [5, 5.41) is 13.3. The lowest BCUT2D eigenvalue weighted by Crippen LogP contribution is -2.16. The van der Waals surface area contributed by atoms with E-state index in [1.54, 1.807) is 0 Å². The van der Waals surface area contributed by atoms with Gasteiger partial charge in [-0.05, 0) is 23.3 Å². The Hall–Kier alpha value is -2.73. The number of carbonyl (C=O) groups is 1. The number of benzene rings is 2. The lowest BCUT2D eigenvalue weighted by molar-refractivity contribution is -0.384. The van der Waals surface area contributed by atoms with Crippen LogP contribution in [0, 0.1) is 10.1 Å². The van der Waals surface area contributed by atoms with Gasteiger partial charge in [-0.2, -0.15) is 0 Å². The molecule has 0 aliphatic rings. The van der Waals surface area contributed by atoms with E-state index in [2.05, 4.69) is 5.32 Å². The van der Waals surface area contributed by atoms with Gasteiger partial charge in [-0.3, -0.25) is 14.9 Å². The number of rotatable bonds is 5. The van der Waals surface area contributed by atoms with Crippen molar-refractivity contribution in [3.63, 3.8) is 0 Å². The molecule has 0 saturated carbocycles. The number of non-ortho nitro benzene ring substituents is 1. The third-order valence-electron chi connectivity index (χ3n) is 3.05. The summed E-state index contributed by atoms with van der Waals surface area (Å²) in [5.74, 6) is -0.190. The highest BCUT2D eigenvalue weighted by Crippen LogP contribution is 2.16. The van der Waals surface area contributed by atoms with E-state index in [0.717, 1.165) is 11.1 Å². The zero-order valence-electron chi connectivity index (χ0n) is 11.3. The van der Waals surface area contributed by atoms with E-state index in [1.165, 1.54) is 24.3 Å². The van der Waals surface area contributed by atoms with Crippen molar-refractivity contribution in [3.05, 3.63) is 69.8 Å². The Labute approximate surface area is 121 Å². The molecule has 0 fully saturated rings. The second-order valence-corrected chi connectivity index (χ2v) is 4.50. The lowest BCUT2D eigenvalue weighted by atomic mass is 10.0. The quantitative estimate of drug-likeness (QED) is 0.650. The molecule has 0 aliphatic carbocycles. The Kier molecular flexibility index (Phi) is 4.63. The Balaban J connectivity index is 2.03. The predicted octanol–water partition coefficient (Wildman–Crippen LogP) is 2.23. The molecule has 0 unspecified atom stereocenters. The molecule has 0 atom stereocenters. The molecule has 0 radical (unpaired) electrons. The summed E-state index contributed by atoms with van der Waals surface area (Å²) in [6, 6.07) is 13.2. The fraction of sp³-hybridized carbons (Fsp3) is 0.133. The van der Waals surface area contributed by atoms with E-state index in [1.807, 2.05) is 24.3 Å². The largest absolute Gasteiger partial charge is 0.326 e. The number of amides is 1. The highest BCUT2D eigenvalue weighted by molar-refractivity contribution is 5.92. The monoisotopic (exact) mass is 285 g/mol. The van der Waals surface area contributed by atoms with Crippen molar-refractivity contribution < 1.29 is 9.72 Å². The minimum Gasteiger partial charge on any atom is -0.326 e. The number of nitrogens with zero attached hydrogens (tertiary/aromatic N) is 1. The second-order valence-electron chi connectivity index (χ2n) is 4.50. The number of hydrogen-bond donors (Lipinski definition) is 2. The number of anilines is 1. The van der Waals surface area contributed by atoms with Crippen molar-refractivity contribution in [1.29, 1.82) is 0 Å². The lowest BCUT2D eigenvalue weighted by Gasteiger charge is -2.08. The second kappa shape index (κ2) is 6.62. The van der Waals surface area contributed by atoms with Gasteiger partial charge in [0.05, 0.1) is 11.3 Å². The number of hydrogen-bond acceptors (Lipinski definition) is 4. The average Bonchev–Trinajstić information content (AvgIpc) is 2.48. The molecule has 3 N–H and O–H groups in total. The van der Waals surface area contributed by atoms with Gasteiger partial charge >= 0.3 is 0 Å². The van der Waals surface area contributed by atoms with E-state index >= 15 is 0 Å². The topological polar surface area (TPSA) is 98.3 Å². The first kappa shape index (κ1) is 14.7. The van der Waals surface area contributed by atoms with Crippen molar-refractivity contribution in [2.75, 3.05) is 5.32 Å². The molecule has 0 spiro atoms. The van der Waals surface area contributed by atoms with E-state index in [-0.39, 0.29) is 18.0 Å². The molecule has 0 aromatic heterocycles. The van der Waals surface area contributed by atoms with Crippen LogP contribution in [0.3, 0.4) is 0 Å². The third kappa shape index (κ3) is 3.87. The Morgan fingerprint density at radius 1 is 1.10 bits per heavy atom. The zero-order valence-corrected chi connectivity index (χ0v) is 11.3. The Bertz CT molecular complexity index is 653. The van der Waals surface area contributed by atoms with Crippen LogP contribution in [0.2, 0.25) is 0 Å². The fourth-order valence-electron chi connectivity index (χ4n) is 1.97. The van der Waals surface area contributed by atoms with Crippen molar-refractivity contribution in [3.8, 4) is 0 Å². The van der Waals surface area contributed by atoms with Gasteiger partial charge in [0.2, 0.25) is 5.91 Å². The van der Waals surface area contributed by atoms with Gasteiger partial charge in [0, 0.05) is 24.4 Å². The maximum atomic E-state index is 12.0. The molecule has 2 rings (SSSR count). The minimum absolute atomic E-state index is 0.0125. The van der Waals surface area contributed by atoms with Crippen LogP contribution in [0.25, 0.3) is 0 Å². The maximum Gasteiger partial charge on any atom is 0.269 e. The standard InChI is InChI=1S/C15H15N3O3/c16-10-12-4-2-1-3-11(12)9-15(19)17-13-5-7-14(8-6-13)18(20)21/h1-8H,9-10,16H2,(H,17,19). The fourth-order valence-corrected chi connectivity index (χ4v) is 1.97. The van der Waals surface area contributed by atoms with E-state index < -0.39 is 4.92 Å². The third-order valence-corrected chi connectivity index (χ3v) is 3.05. The van der Waals surface area contributed by atoms with Crippen LogP contribution < -0.4 is 11.1 Å². The first-order valence-corrected chi connectivity index (χ1v) is 6.41. The van der Waals surface area contributed by atoms with E-state index in [4.69, 9.17) is 5.73 Å². The maximum absolute atomic E-state index is 12.0. The van der Waals surface area contributed by atoms with Gasteiger partial charge < -0.3 is 11.1 Å². The van der Waals surface area contributed by atoms with Crippen LogP contribution in [0.15, 0.2) is 48.5 Å². The van der Waals surface area contributed by atoms with Crippen LogP contribution in [0.1, 0.15) is 11.1 Å². The van der Waals surface area contributed by atoms with Gasteiger partial charge in [0.1, 0.15) is 0 Å². The van der Waals surface area contributed by atoms with Crippen LogP contribution in [0.4, 0.5) is 11.4 Å². The van der Waals surface area contributed by atoms with Crippen molar-refractivity contribution in [2.24, 2.45) is 5.73 Å². The predicted molar refractivity (Wildman–Crippen MR) is 79.8 cm³/mol. The molecule has 1 amide bonds. The average molecular weight is 285 g/mol. The Morgan fingerprint density at radius 3 is 2.29 bits per heavy atom. The van der Waals surface area contributed by atoms with Crippen LogP contribution in [0.5, 0.6) is 0 Å². The summed E-state index contributed by atoms with van der Waals surface area (Å²) in [4.78, 5) is 22.1. The van der Waals surface area contributed by atoms with Gasteiger partial charge in [-0.25, -0.2) is 0 Å². The summed E-state index contributed by atoms with van der Waals surface area (Å²) in [6.45, 7) is 0.376. The minimum atomic E-state index is -0.483. The number of carbonyl (C=O) groups excluding carboxylic acids is 1. The number of nitro groups is 1. The van der Waals surface area contributed by atoms with Crippen molar-refractivity contribution in [2.45, 2.75) is 13.0 Å². The van der Waals surface area contributed by atoms with Gasteiger partial charge in [0.25, 0.3) is 5.69 Å². The highest BCUT2D eigenvalue weighted by Gasteiger charge is 2.09. The molecular weight excluding hydrogens is 270 g/mol. The summed E-state index contributed by atoms with van der Waals surface area (Å²) in [6.07, 6.45) is 0.213. The summed E-state index contributed by atoms with van der Waals surface area (Å²) in [5.41, 5.74) is 7.94. The Morgan fingerprint density at radius 2 is 1.71 bits per heavy atom. The molecule has 2 aromatic carbocycles. The molecule has 6 nitrogen and oxygen atoms in total. The van der Waals surface area contributed by atoms with Crippen LogP contribution >= 0.6 is 0 Å². The molecule has 2 aromatic rings. The summed E-state index contributed by atoms with van der Waals surface area (Å²) in [7, 11) is 0. The normalized spacial score (nSPS) is 10.1. The van der Waals surface area contributed by atoms with Crippen LogP contribution in [-0.2, 0) is 17.8 Å². The highest BCUT2D eigenvalue weighted by atomic mass is 16.6. The zero-order chi connectivity index (χ0) is 15.2. The molecule has 21 heavy (non-hydrogen) atoms. The number of nitrogens with two attached hydrogens (primary N) is 1.